The summed E-state index contributed by atoms with van der Waals surface area (Å²) in [5.41, 5.74) is 7.47. The van der Waals surface area contributed by atoms with Crippen molar-refractivity contribution >= 4 is 22.4 Å². The van der Waals surface area contributed by atoms with Gasteiger partial charge in [0.1, 0.15) is 5.75 Å². The van der Waals surface area contributed by atoms with Crippen molar-refractivity contribution < 1.29 is 9.53 Å². The maximum Gasteiger partial charge on any atom is 0.253 e. The number of hydrogen-bond donors (Lipinski definition) is 1. The molecule has 1 saturated heterocycles. The molecule has 0 spiro atoms. The van der Waals surface area contributed by atoms with Crippen LogP contribution in [-0.2, 0) is 6.54 Å². The molecule has 2 aromatic rings. The Morgan fingerprint density at radius 3 is 2.46 bits per heavy atom. The lowest BCUT2D eigenvalue weighted by Gasteiger charge is -2.34. The highest BCUT2D eigenvalue weighted by Crippen LogP contribution is 2.22. The molecule has 0 saturated carbocycles. The monoisotopic (exact) mass is 346 g/mol. The lowest BCUT2D eigenvalue weighted by atomic mass is 10.1. The third kappa shape index (κ3) is 3.68. The normalized spacial score (nSPS) is 15.5. The highest BCUT2D eigenvalue weighted by atomic mass is 32.1. The van der Waals surface area contributed by atoms with E-state index in [2.05, 4.69) is 9.88 Å². The number of nitrogen functional groups attached to an aromatic ring is 1. The van der Waals surface area contributed by atoms with E-state index in [-0.39, 0.29) is 5.91 Å². The van der Waals surface area contributed by atoms with Gasteiger partial charge in [-0.15, -0.1) is 11.3 Å². The van der Waals surface area contributed by atoms with Crippen molar-refractivity contribution in [3.05, 3.63) is 40.4 Å². The number of ether oxygens (including phenoxy) is 1. The fourth-order valence-electron chi connectivity index (χ4n) is 2.83. The van der Waals surface area contributed by atoms with Crippen LogP contribution in [0.15, 0.2) is 24.3 Å². The van der Waals surface area contributed by atoms with Crippen molar-refractivity contribution in [1.29, 1.82) is 0 Å². The van der Waals surface area contributed by atoms with E-state index in [1.165, 1.54) is 4.88 Å². The maximum atomic E-state index is 12.6. The Kier molecular flexibility index (Phi) is 5.01. The third-order valence-corrected chi connectivity index (χ3v) is 5.24. The van der Waals surface area contributed by atoms with Crippen molar-refractivity contribution in [1.82, 2.24) is 14.8 Å². The minimum absolute atomic E-state index is 0.0792. The van der Waals surface area contributed by atoms with Crippen LogP contribution in [0, 0.1) is 6.92 Å². The number of aryl methyl sites for hydroxylation is 1. The zero-order valence-electron chi connectivity index (χ0n) is 14.0. The molecule has 1 fully saturated rings. The number of piperazine rings is 1. The van der Waals surface area contributed by atoms with E-state index < -0.39 is 0 Å². The number of nitrogens with zero attached hydrogens (tertiary/aromatic N) is 3. The number of anilines is 1. The molecular weight excluding hydrogens is 324 g/mol. The van der Waals surface area contributed by atoms with Gasteiger partial charge in [0.25, 0.3) is 5.91 Å². The van der Waals surface area contributed by atoms with Crippen LogP contribution in [0.25, 0.3) is 0 Å². The summed E-state index contributed by atoms with van der Waals surface area (Å²) < 4.78 is 5.13. The second-order valence-corrected chi connectivity index (χ2v) is 6.97. The van der Waals surface area contributed by atoms with Gasteiger partial charge < -0.3 is 15.4 Å². The van der Waals surface area contributed by atoms with Crippen LogP contribution >= 0.6 is 11.3 Å². The number of aromatic nitrogens is 1. The number of benzene rings is 1. The van der Waals surface area contributed by atoms with Crippen LogP contribution in [0.4, 0.5) is 5.13 Å². The van der Waals surface area contributed by atoms with Gasteiger partial charge in [0.05, 0.1) is 12.8 Å². The van der Waals surface area contributed by atoms with Crippen LogP contribution in [0.5, 0.6) is 5.75 Å². The Labute approximate surface area is 145 Å². The van der Waals surface area contributed by atoms with E-state index in [0.717, 1.165) is 44.2 Å². The smallest absolute Gasteiger partial charge is 0.253 e. The predicted molar refractivity (Wildman–Crippen MR) is 95.4 cm³/mol. The number of nitrogens with two attached hydrogens (primary N) is 1. The Hall–Kier alpha value is -2.12. The van der Waals surface area contributed by atoms with Crippen molar-refractivity contribution in [2.24, 2.45) is 0 Å². The number of amides is 1. The molecule has 3 rings (SSSR count). The highest BCUT2D eigenvalue weighted by Gasteiger charge is 2.23. The molecule has 7 heteroatoms. The summed E-state index contributed by atoms with van der Waals surface area (Å²) in [6.07, 6.45) is 0. The second-order valence-electron chi connectivity index (χ2n) is 5.86. The molecule has 6 nitrogen and oxygen atoms in total. The lowest BCUT2D eigenvalue weighted by molar-refractivity contribution is 0.0629. The zero-order chi connectivity index (χ0) is 17.1. The van der Waals surface area contributed by atoms with Gasteiger partial charge in [0.2, 0.25) is 0 Å². The fourth-order valence-corrected chi connectivity index (χ4v) is 3.70. The van der Waals surface area contributed by atoms with Crippen LogP contribution < -0.4 is 10.5 Å². The molecule has 24 heavy (non-hydrogen) atoms. The van der Waals surface area contributed by atoms with Crippen LogP contribution in [0.2, 0.25) is 0 Å². The molecule has 0 radical (unpaired) electrons. The quantitative estimate of drug-likeness (QED) is 0.917. The van der Waals surface area contributed by atoms with Crippen molar-refractivity contribution in [2.75, 3.05) is 39.0 Å². The number of rotatable bonds is 4. The first-order valence-corrected chi connectivity index (χ1v) is 8.76. The number of thiazole rings is 1. The first kappa shape index (κ1) is 16.7. The summed E-state index contributed by atoms with van der Waals surface area (Å²) in [5.74, 6) is 0.839. The highest BCUT2D eigenvalue weighted by molar-refractivity contribution is 7.15. The molecule has 1 amide bonds. The molecule has 0 bridgehead atoms. The Balaban J connectivity index is 1.56. The van der Waals surface area contributed by atoms with Crippen molar-refractivity contribution in [3.8, 4) is 5.75 Å². The summed E-state index contributed by atoms with van der Waals surface area (Å²) in [6, 6.07) is 7.27. The standard InChI is InChI=1S/C17H22N4O2S/c1-12-15(24-17(18)19-12)11-20-7-9-21(10-8-20)16(22)13-3-5-14(23-2)6-4-13/h3-6H,7-11H2,1-2H3,(H2,18,19). The number of carbonyl (C=O) groups excluding carboxylic acids is 1. The van der Waals surface area contributed by atoms with Gasteiger partial charge in [-0.3, -0.25) is 9.69 Å². The maximum absolute atomic E-state index is 12.6. The van der Waals surface area contributed by atoms with E-state index >= 15 is 0 Å². The summed E-state index contributed by atoms with van der Waals surface area (Å²) in [6.45, 7) is 6.03. The molecule has 1 aliphatic rings. The van der Waals surface area contributed by atoms with Gasteiger partial charge in [-0.05, 0) is 31.2 Å². The van der Waals surface area contributed by atoms with Gasteiger partial charge in [-0.1, -0.05) is 0 Å². The lowest BCUT2D eigenvalue weighted by Crippen LogP contribution is -2.48. The first-order valence-electron chi connectivity index (χ1n) is 7.94. The van der Waals surface area contributed by atoms with E-state index in [1.807, 2.05) is 36.1 Å². The molecule has 1 aromatic heterocycles. The van der Waals surface area contributed by atoms with Crippen molar-refractivity contribution in [2.45, 2.75) is 13.5 Å². The minimum Gasteiger partial charge on any atom is -0.497 e. The topological polar surface area (TPSA) is 71.7 Å². The fraction of sp³-hybridized carbons (Fsp3) is 0.412. The Morgan fingerprint density at radius 1 is 1.25 bits per heavy atom. The van der Waals surface area contributed by atoms with Gasteiger partial charge in [-0.25, -0.2) is 4.98 Å². The second kappa shape index (κ2) is 7.19. The number of hydrogen-bond acceptors (Lipinski definition) is 6. The summed E-state index contributed by atoms with van der Waals surface area (Å²) in [4.78, 5) is 22.3. The number of methoxy groups -OCH3 is 1. The SMILES string of the molecule is COc1ccc(C(=O)N2CCN(Cc3sc(N)nc3C)CC2)cc1. The van der Waals surface area contributed by atoms with Gasteiger partial charge in [0, 0.05) is 43.2 Å². The summed E-state index contributed by atoms with van der Waals surface area (Å²) >= 11 is 1.55. The zero-order valence-corrected chi connectivity index (χ0v) is 14.8. The van der Waals surface area contributed by atoms with E-state index in [4.69, 9.17) is 10.5 Å². The summed E-state index contributed by atoms with van der Waals surface area (Å²) in [7, 11) is 1.62. The Morgan fingerprint density at radius 2 is 1.92 bits per heavy atom. The van der Waals surface area contributed by atoms with Crippen LogP contribution in [0.3, 0.4) is 0 Å². The summed E-state index contributed by atoms with van der Waals surface area (Å²) in [5, 5.41) is 0.621. The average molecular weight is 346 g/mol. The van der Waals surface area contributed by atoms with Gasteiger partial charge in [0.15, 0.2) is 5.13 Å². The van der Waals surface area contributed by atoms with Gasteiger partial charge >= 0.3 is 0 Å². The molecule has 1 aromatic carbocycles. The van der Waals surface area contributed by atoms with Gasteiger partial charge in [-0.2, -0.15) is 0 Å². The molecule has 1 aliphatic heterocycles. The average Bonchev–Trinajstić information content (AvgIpc) is 2.92. The molecule has 0 aliphatic carbocycles. The Bertz CT molecular complexity index is 706. The minimum atomic E-state index is 0.0792. The van der Waals surface area contributed by atoms with E-state index in [1.54, 1.807) is 18.4 Å². The molecule has 2 heterocycles. The predicted octanol–water partition coefficient (Wildman–Crippen LogP) is 2.00. The molecule has 0 unspecified atom stereocenters. The third-order valence-electron chi connectivity index (χ3n) is 4.27. The van der Waals surface area contributed by atoms with Crippen LogP contribution in [0.1, 0.15) is 20.9 Å². The molecule has 0 atom stereocenters. The van der Waals surface area contributed by atoms with E-state index in [0.29, 0.717) is 10.7 Å². The van der Waals surface area contributed by atoms with Crippen molar-refractivity contribution in [3.63, 3.8) is 0 Å². The van der Waals surface area contributed by atoms with Crippen LogP contribution in [-0.4, -0.2) is 54.0 Å². The number of carbonyl (C=O) groups is 1. The largest absolute Gasteiger partial charge is 0.497 e. The molecule has 2 N–H and O–H groups in total. The first-order chi connectivity index (χ1) is 11.6. The molecular formula is C17H22N4O2S. The van der Waals surface area contributed by atoms with E-state index in [9.17, 15) is 4.79 Å². The molecule has 128 valence electrons.